The summed E-state index contributed by atoms with van der Waals surface area (Å²) in [5.74, 6) is 0.968. The van der Waals surface area contributed by atoms with Gasteiger partial charge in [0.2, 0.25) is 0 Å². The summed E-state index contributed by atoms with van der Waals surface area (Å²) in [6.07, 6.45) is 7.63. The molecule has 1 aliphatic heterocycles. The van der Waals surface area contributed by atoms with Crippen molar-refractivity contribution in [2.75, 3.05) is 12.4 Å². The Labute approximate surface area is 100 Å². The van der Waals surface area contributed by atoms with E-state index in [1.807, 2.05) is 10.6 Å². The first-order chi connectivity index (χ1) is 7.90. The smallest absolute Gasteiger partial charge is 0.191 e. The van der Waals surface area contributed by atoms with E-state index >= 15 is 0 Å². The van der Waals surface area contributed by atoms with Crippen molar-refractivity contribution in [1.29, 1.82) is 0 Å². The number of hydrogen-bond donors (Lipinski definition) is 0. The zero-order valence-electron chi connectivity index (χ0n) is 9.34. The average Bonchev–Trinajstić information content (AvgIpc) is 2.76. The number of hydrogen-bond acceptors (Lipinski definition) is 4. The number of aromatic nitrogens is 3. The minimum absolute atomic E-state index is 0.382. The molecule has 0 bridgehead atoms. The van der Waals surface area contributed by atoms with Crippen LogP contribution in [0.5, 0.6) is 0 Å². The molecule has 1 aromatic rings. The largest absolute Gasteiger partial charge is 0.377 e. The number of allylic oxidation sites excluding steroid dienone is 1. The molecule has 1 atom stereocenters. The summed E-state index contributed by atoms with van der Waals surface area (Å²) in [4.78, 5) is 0. The fourth-order valence-corrected chi connectivity index (χ4v) is 2.72. The van der Waals surface area contributed by atoms with Crippen molar-refractivity contribution in [2.45, 2.75) is 37.1 Å². The van der Waals surface area contributed by atoms with Gasteiger partial charge in [-0.3, -0.25) is 0 Å². The molecule has 0 radical (unpaired) electrons. The molecular formula is C11H17N3OS. The molecule has 0 saturated carbocycles. The summed E-state index contributed by atoms with van der Waals surface area (Å²) in [7, 11) is 0. The monoisotopic (exact) mass is 239 g/mol. The van der Waals surface area contributed by atoms with Crippen LogP contribution in [0.15, 0.2) is 24.1 Å². The average molecular weight is 239 g/mol. The standard InChI is InChI=1S/C11H17N3OS/c1-2-6-14-9-12-13-11(14)16-8-10-5-3-4-7-15-10/h2,9-10H,1,3-8H2/t10-/m0/s1. The lowest BCUT2D eigenvalue weighted by Crippen LogP contribution is -2.21. The Bertz CT molecular complexity index is 334. The van der Waals surface area contributed by atoms with Crippen molar-refractivity contribution in [2.24, 2.45) is 0 Å². The van der Waals surface area contributed by atoms with E-state index in [9.17, 15) is 0 Å². The van der Waals surface area contributed by atoms with Crippen LogP contribution in [0.3, 0.4) is 0 Å². The molecule has 2 rings (SSSR count). The molecule has 0 amide bonds. The van der Waals surface area contributed by atoms with E-state index in [0.717, 1.165) is 24.1 Å². The maximum absolute atomic E-state index is 5.68. The van der Waals surface area contributed by atoms with E-state index in [-0.39, 0.29) is 0 Å². The normalized spacial score (nSPS) is 20.9. The molecule has 0 aliphatic carbocycles. The Morgan fingerprint density at radius 2 is 2.56 bits per heavy atom. The predicted octanol–water partition coefficient (Wildman–Crippen LogP) is 2.13. The van der Waals surface area contributed by atoms with Gasteiger partial charge in [-0.1, -0.05) is 17.8 Å². The lowest BCUT2D eigenvalue weighted by Gasteiger charge is -2.21. The van der Waals surface area contributed by atoms with E-state index in [4.69, 9.17) is 4.74 Å². The second kappa shape index (κ2) is 6.06. The Hall–Kier alpha value is -0.810. The minimum Gasteiger partial charge on any atom is -0.377 e. The van der Waals surface area contributed by atoms with Crippen LogP contribution < -0.4 is 0 Å². The summed E-state index contributed by atoms with van der Waals surface area (Å²) >= 11 is 1.72. The van der Waals surface area contributed by atoms with Gasteiger partial charge in [0.25, 0.3) is 0 Å². The third kappa shape index (κ3) is 3.09. The second-order valence-corrected chi connectivity index (χ2v) is 4.84. The van der Waals surface area contributed by atoms with Crippen molar-refractivity contribution in [3.63, 3.8) is 0 Å². The number of nitrogens with zero attached hydrogens (tertiary/aromatic N) is 3. The van der Waals surface area contributed by atoms with Crippen LogP contribution >= 0.6 is 11.8 Å². The van der Waals surface area contributed by atoms with Crippen molar-refractivity contribution < 1.29 is 4.74 Å². The number of ether oxygens (including phenoxy) is 1. The van der Waals surface area contributed by atoms with Crippen molar-refractivity contribution in [3.8, 4) is 0 Å². The molecule has 5 heteroatoms. The fraction of sp³-hybridized carbons (Fsp3) is 0.636. The van der Waals surface area contributed by atoms with Gasteiger partial charge in [-0.05, 0) is 19.3 Å². The number of rotatable bonds is 5. The van der Waals surface area contributed by atoms with Gasteiger partial charge >= 0.3 is 0 Å². The lowest BCUT2D eigenvalue weighted by molar-refractivity contribution is 0.0315. The first kappa shape index (κ1) is 11.7. The van der Waals surface area contributed by atoms with Crippen LogP contribution in [0.25, 0.3) is 0 Å². The Kier molecular flexibility index (Phi) is 4.42. The fourth-order valence-electron chi connectivity index (χ4n) is 1.73. The maximum atomic E-state index is 5.68. The highest BCUT2D eigenvalue weighted by molar-refractivity contribution is 7.99. The third-order valence-electron chi connectivity index (χ3n) is 2.58. The Morgan fingerprint density at radius 1 is 1.62 bits per heavy atom. The molecule has 4 nitrogen and oxygen atoms in total. The van der Waals surface area contributed by atoms with Crippen molar-refractivity contribution in [3.05, 3.63) is 19.0 Å². The van der Waals surface area contributed by atoms with Crippen LogP contribution in [0.4, 0.5) is 0 Å². The lowest BCUT2D eigenvalue weighted by atomic mass is 10.1. The molecule has 0 N–H and O–H groups in total. The molecule has 1 aliphatic rings. The summed E-state index contributed by atoms with van der Waals surface area (Å²) < 4.78 is 7.68. The highest BCUT2D eigenvalue weighted by Crippen LogP contribution is 2.21. The van der Waals surface area contributed by atoms with Gasteiger partial charge in [0.15, 0.2) is 5.16 Å². The summed E-state index contributed by atoms with van der Waals surface area (Å²) in [6.45, 7) is 5.39. The Morgan fingerprint density at radius 3 is 3.31 bits per heavy atom. The van der Waals surface area contributed by atoms with Crippen LogP contribution in [0.2, 0.25) is 0 Å². The molecule has 1 fully saturated rings. The molecule has 88 valence electrons. The molecular weight excluding hydrogens is 222 g/mol. The van der Waals surface area contributed by atoms with Gasteiger partial charge in [0.05, 0.1) is 6.10 Å². The van der Waals surface area contributed by atoms with Crippen molar-refractivity contribution in [1.82, 2.24) is 14.8 Å². The van der Waals surface area contributed by atoms with Crippen LogP contribution in [0, 0.1) is 0 Å². The van der Waals surface area contributed by atoms with Gasteiger partial charge in [0.1, 0.15) is 6.33 Å². The SMILES string of the molecule is C=CCn1cnnc1SC[C@@H]1CCCCO1. The molecule has 16 heavy (non-hydrogen) atoms. The molecule has 0 spiro atoms. The zero-order valence-corrected chi connectivity index (χ0v) is 10.2. The number of thioether (sulfide) groups is 1. The van der Waals surface area contributed by atoms with Gasteiger partial charge < -0.3 is 9.30 Å². The van der Waals surface area contributed by atoms with E-state index in [1.54, 1.807) is 18.1 Å². The molecule has 1 saturated heterocycles. The highest BCUT2D eigenvalue weighted by Gasteiger charge is 2.15. The molecule has 0 aromatic carbocycles. The third-order valence-corrected chi connectivity index (χ3v) is 3.69. The van der Waals surface area contributed by atoms with E-state index in [2.05, 4.69) is 16.8 Å². The quantitative estimate of drug-likeness (QED) is 0.583. The van der Waals surface area contributed by atoms with Gasteiger partial charge in [0, 0.05) is 18.9 Å². The van der Waals surface area contributed by atoms with Gasteiger partial charge in [-0.25, -0.2) is 0 Å². The summed E-state index contributed by atoms with van der Waals surface area (Å²) in [6, 6.07) is 0. The highest BCUT2D eigenvalue weighted by atomic mass is 32.2. The Balaban J connectivity index is 1.83. The zero-order chi connectivity index (χ0) is 11.2. The first-order valence-electron chi connectivity index (χ1n) is 5.63. The topological polar surface area (TPSA) is 39.9 Å². The summed E-state index contributed by atoms with van der Waals surface area (Å²) in [5.41, 5.74) is 0. The molecule has 2 heterocycles. The van der Waals surface area contributed by atoms with Crippen molar-refractivity contribution >= 4 is 11.8 Å². The molecule has 0 unspecified atom stereocenters. The van der Waals surface area contributed by atoms with Gasteiger partial charge in [-0.15, -0.1) is 16.8 Å². The van der Waals surface area contributed by atoms with E-state index < -0.39 is 0 Å². The van der Waals surface area contributed by atoms with Crippen LogP contribution in [-0.2, 0) is 11.3 Å². The maximum Gasteiger partial charge on any atom is 0.191 e. The minimum atomic E-state index is 0.382. The van der Waals surface area contributed by atoms with E-state index in [0.29, 0.717) is 6.10 Å². The predicted molar refractivity (Wildman–Crippen MR) is 64.5 cm³/mol. The van der Waals surface area contributed by atoms with Crippen LogP contribution in [0.1, 0.15) is 19.3 Å². The van der Waals surface area contributed by atoms with E-state index in [1.165, 1.54) is 19.3 Å². The van der Waals surface area contributed by atoms with Gasteiger partial charge in [-0.2, -0.15) is 0 Å². The first-order valence-corrected chi connectivity index (χ1v) is 6.62. The van der Waals surface area contributed by atoms with Crippen LogP contribution in [-0.4, -0.2) is 33.2 Å². The second-order valence-electron chi connectivity index (χ2n) is 3.85. The molecule has 1 aromatic heterocycles. The summed E-state index contributed by atoms with van der Waals surface area (Å²) in [5, 5.41) is 8.95.